The molecule has 0 heterocycles. The van der Waals surface area contributed by atoms with Crippen molar-refractivity contribution < 1.29 is 14.7 Å². The molecule has 0 bridgehead atoms. The minimum Gasteiger partial charge on any atom is -0.481 e. The smallest absolute Gasteiger partial charge is 0.315 e. The van der Waals surface area contributed by atoms with E-state index in [1.165, 1.54) is 0 Å². The zero-order valence-electron chi connectivity index (χ0n) is 12.6. The van der Waals surface area contributed by atoms with Crippen molar-refractivity contribution >= 4 is 12.0 Å². The second-order valence-corrected chi connectivity index (χ2v) is 5.46. The summed E-state index contributed by atoms with van der Waals surface area (Å²) in [5.41, 5.74) is 0. The van der Waals surface area contributed by atoms with Gasteiger partial charge in [-0.25, -0.2) is 4.79 Å². The van der Waals surface area contributed by atoms with Gasteiger partial charge in [-0.15, -0.1) is 6.42 Å². The number of carbonyl (C=O) groups excluding carboxylic acids is 1. The second kappa shape index (κ2) is 10.1. The molecule has 20 heavy (non-hydrogen) atoms. The molecule has 2 atom stereocenters. The molecule has 3 N–H and O–H groups in total. The molecule has 114 valence electrons. The SMILES string of the molecule is C#CC(CCC)NC(=O)NC[C@H](CC(=O)O)CC(C)C. The molecule has 5 heteroatoms. The van der Waals surface area contributed by atoms with Crippen LogP contribution in [0.1, 0.15) is 46.5 Å². The highest BCUT2D eigenvalue weighted by Crippen LogP contribution is 2.14. The van der Waals surface area contributed by atoms with Crippen LogP contribution in [0, 0.1) is 24.2 Å². The number of nitrogens with one attached hydrogen (secondary N) is 2. The Morgan fingerprint density at radius 3 is 2.45 bits per heavy atom. The molecule has 0 aliphatic rings. The maximum Gasteiger partial charge on any atom is 0.315 e. The van der Waals surface area contributed by atoms with Crippen LogP contribution in [0.5, 0.6) is 0 Å². The molecule has 0 spiro atoms. The van der Waals surface area contributed by atoms with Crippen LogP contribution in [0.4, 0.5) is 4.79 Å². The molecular weight excluding hydrogens is 256 g/mol. The van der Waals surface area contributed by atoms with E-state index in [9.17, 15) is 9.59 Å². The third-order valence-corrected chi connectivity index (χ3v) is 2.90. The maximum absolute atomic E-state index is 11.7. The lowest BCUT2D eigenvalue weighted by Gasteiger charge is -2.19. The third-order valence-electron chi connectivity index (χ3n) is 2.90. The first kappa shape index (κ1) is 18.3. The maximum atomic E-state index is 11.7. The number of carbonyl (C=O) groups is 2. The molecule has 1 unspecified atom stereocenters. The largest absolute Gasteiger partial charge is 0.481 e. The Labute approximate surface area is 121 Å². The summed E-state index contributed by atoms with van der Waals surface area (Å²) in [5, 5.41) is 14.3. The van der Waals surface area contributed by atoms with Crippen LogP contribution in [-0.4, -0.2) is 29.7 Å². The van der Waals surface area contributed by atoms with Crippen LogP contribution in [-0.2, 0) is 4.79 Å². The van der Waals surface area contributed by atoms with Crippen molar-refractivity contribution in [1.82, 2.24) is 10.6 Å². The molecule has 0 fully saturated rings. The Hall–Kier alpha value is -1.70. The van der Waals surface area contributed by atoms with E-state index in [1.54, 1.807) is 0 Å². The minimum atomic E-state index is -0.842. The molecule has 0 aliphatic carbocycles. The zero-order chi connectivity index (χ0) is 15.5. The van der Waals surface area contributed by atoms with Gasteiger partial charge in [-0.2, -0.15) is 0 Å². The van der Waals surface area contributed by atoms with Gasteiger partial charge in [0.1, 0.15) is 0 Å². The Morgan fingerprint density at radius 2 is 2.00 bits per heavy atom. The second-order valence-electron chi connectivity index (χ2n) is 5.46. The van der Waals surface area contributed by atoms with Crippen LogP contribution in [0.2, 0.25) is 0 Å². The highest BCUT2D eigenvalue weighted by Gasteiger charge is 2.16. The van der Waals surface area contributed by atoms with E-state index in [1.807, 2.05) is 20.8 Å². The van der Waals surface area contributed by atoms with Crippen molar-refractivity contribution in [2.24, 2.45) is 11.8 Å². The van der Waals surface area contributed by atoms with Crippen LogP contribution >= 0.6 is 0 Å². The van der Waals surface area contributed by atoms with Crippen molar-refractivity contribution in [1.29, 1.82) is 0 Å². The molecule has 0 radical (unpaired) electrons. The topological polar surface area (TPSA) is 78.4 Å². The number of carboxylic acid groups (broad SMARTS) is 1. The summed E-state index contributed by atoms with van der Waals surface area (Å²) in [6, 6.07) is -0.608. The minimum absolute atomic E-state index is 0.0614. The summed E-state index contributed by atoms with van der Waals surface area (Å²) >= 11 is 0. The van der Waals surface area contributed by atoms with Crippen molar-refractivity contribution in [2.75, 3.05) is 6.54 Å². The van der Waals surface area contributed by atoms with Crippen LogP contribution in [0.25, 0.3) is 0 Å². The van der Waals surface area contributed by atoms with E-state index in [2.05, 4.69) is 16.6 Å². The van der Waals surface area contributed by atoms with Gasteiger partial charge in [-0.05, 0) is 24.7 Å². The molecule has 2 amide bonds. The number of carboxylic acids is 1. The number of urea groups is 1. The van der Waals surface area contributed by atoms with E-state index in [0.717, 1.165) is 19.3 Å². The number of amides is 2. The number of hydrogen-bond acceptors (Lipinski definition) is 2. The molecule has 0 saturated carbocycles. The van der Waals surface area contributed by atoms with Gasteiger partial charge in [0.2, 0.25) is 0 Å². The first-order chi connectivity index (χ1) is 9.38. The van der Waals surface area contributed by atoms with Crippen LogP contribution < -0.4 is 10.6 Å². The highest BCUT2D eigenvalue weighted by molar-refractivity contribution is 5.74. The monoisotopic (exact) mass is 282 g/mol. The Morgan fingerprint density at radius 1 is 1.35 bits per heavy atom. The van der Waals surface area contributed by atoms with E-state index in [0.29, 0.717) is 12.5 Å². The van der Waals surface area contributed by atoms with Crippen LogP contribution in [0.3, 0.4) is 0 Å². The van der Waals surface area contributed by atoms with Crippen molar-refractivity contribution in [3.8, 4) is 12.3 Å². The molecule has 0 aromatic heterocycles. The van der Waals surface area contributed by atoms with E-state index >= 15 is 0 Å². The molecular formula is C15H26N2O3. The predicted molar refractivity (Wildman–Crippen MR) is 79.3 cm³/mol. The first-order valence-corrected chi connectivity index (χ1v) is 7.11. The van der Waals surface area contributed by atoms with Crippen molar-refractivity contribution in [3.05, 3.63) is 0 Å². The van der Waals surface area contributed by atoms with E-state index in [4.69, 9.17) is 11.5 Å². The summed E-state index contributed by atoms with van der Waals surface area (Å²) in [7, 11) is 0. The highest BCUT2D eigenvalue weighted by atomic mass is 16.4. The fourth-order valence-corrected chi connectivity index (χ4v) is 2.08. The summed E-state index contributed by atoms with van der Waals surface area (Å²) in [5.74, 6) is 2.01. The summed E-state index contributed by atoms with van der Waals surface area (Å²) < 4.78 is 0. The fourth-order valence-electron chi connectivity index (χ4n) is 2.08. The number of rotatable bonds is 9. The van der Waals surface area contributed by atoms with Gasteiger partial charge in [0, 0.05) is 13.0 Å². The fraction of sp³-hybridized carbons (Fsp3) is 0.733. The van der Waals surface area contributed by atoms with E-state index in [-0.39, 0.29) is 24.4 Å². The number of hydrogen-bond donors (Lipinski definition) is 3. The van der Waals surface area contributed by atoms with Gasteiger partial charge < -0.3 is 15.7 Å². The summed E-state index contributed by atoms with van der Waals surface area (Å²) in [4.78, 5) is 22.5. The third kappa shape index (κ3) is 9.26. The molecule has 0 aliphatic heterocycles. The predicted octanol–water partition coefficient (Wildman–Crippen LogP) is 2.22. The van der Waals surface area contributed by atoms with Gasteiger partial charge in [-0.1, -0.05) is 33.1 Å². The summed E-state index contributed by atoms with van der Waals surface area (Å²) in [6.07, 6.45) is 7.77. The van der Waals surface area contributed by atoms with Crippen molar-refractivity contribution in [3.63, 3.8) is 0 Å². The summed E-state index contributed by atoms with van der Waals surface area (Å²) in [6.45, 7) is 6.41. The Bertz CT molecular complexity index is 348. The molecule has 5 nitrogen and oxygen atoms in total. The van der Waals surface area contributed by atoms with Crippen molar-refractivity contribution in [2.45, 2.75) is 52.5 Å². The lowest BCUT2D eigenvalue weighted by Crippen LogP contribution is -2.43. The van der Waals surface area contributed by atoms with Crippen LogP contribution in [0.15, 0.2) is 0 Å². The van der Waals surface area contributed by atoms with Gasteiger partial charge in [-0.3, -0.25) is 4.79 Å². The molecule has 0 saturated heterocycles. The molecule has 0 rings (SSSR count). The van der Waals surface area contributed by atoms with Gasteiger partial charge in [0.05, 0.1) is 6.04 Å². The van der Waals surface area contributed by atoms with Gasteiger partial charge in [0.15, 0.2) is 0 Å². The first-order valence-electron chi connectivity index (χ1n) is 7.11. The lowest BCUT2D eigenvalue weighted by atomic mass is 9.94. The average Bonchev–Trinajstić information content (AvgIpc) is 2.34. The van der Waals surface area contributed by atoms with Gasteiger partial charge in [0.25, 0.3) is 0 Å². The van der Waals surface area contributed by atoms with E-state index < -0.39 is 5.97 Å². The normalized spacial score (nSPS) is 13.3. The Kier molecular flexibility index (Phi) is 9.27. The molecule has 0 aromatic carbocycles. The van der Waals surface area contributed by atoms with Gasteiger partial charge >= 0.3 is 12.0 Å². The standard InChI is InChI=1S/C15H26N2O3/c1-5-7-13(6-2)17-15(20)16-10-12(8-11(3)4)9-14(18)19/h2,11-13H,5,7-10H2,1,3-4H3,(H,18,19)(H2,16,17,20)/t12-,13?/m0/s1. The molecule has 0 aromatic rings. The lowest BCUT2D eigenvalue weighted by molar-refractivity contribution is -0.138. The number of aliphatic carboxylic acids is 1. The Balaban J connectivity index is 4.22. The zero-order valence-corrected chi connectivity index (χ0v) is 12.6. The quantitative estimate of drug-likeness (QED) is 0.567. The average molecular weight is 282 g/mol. The number of terminal acetylenes is 1.